The van der Waals surface area contributed by atoms with Crippen LogP contribution < -0.4 is 0 Å². The van der Waals surface area contributed by atoms with Crippen molar-refractivity contribution >= 4 is 0 Å². The van der Waals surface area contributed by atoms with Crippen molar-refractivity contribution in [3.63, 3.8) is 0 Å². The Morgan fingerprint density at radius 2 is 1.60 bits per heavy atom. The summed E-state index contributed by atoms with van der Waals surface area (Å²) in [5.41, 5.74) is 1.07. The molecule has 0 saturated heterocycles. The molecule has 0 bridgehead atoms. The minimum Gasteiger partial charge on any atom is -0.348 e. The minimum absolute atomic E-state index is 0.185. The molecule has 0 aromatic rings. The standard InChI is InChI=1S/C13H22O2/c1-5-7-9-14-13(11-12(3)4)15-10-8-6-2/h5-8,13H,3,9-11H2,1-2,4H3/b7-5+,8-6+. The summed E-state index contributed by atoms with van der Waals surface area (Å²) >= 11 is 0. The molecule has 0 atom stereocenters. The van der Waals surface area contributed by atoms with E-state index in [2.05, 4.69) is 6.58 Å². The molecular formula is C13H22O2. The lowest BCUT2D eigenvalue weighted by atomic mass is 10.2. The third-order valence-corrected chi connectivity index (χ3v) is 1.74. The van der Waals surface area contributed by atoms with Crippen LogP contribution in [0.5, 0.6) is 0 Å². The predicted octanol–water partition coefficient (Wildman–Crippen LogP) is 3.46. The topological polar surface area (TPSA) is 18.5 Å². The van der Waals surface area contributed by atoms with Gasteiger partial charge in [-0.15, -0.1) is 0 Å². The van der Waals surface area contributed by atoms with E-state index in [-0.39, 0.29) is 6.29 Å². The molecular weight excluding hydrogens is 188 g/mol. The molecule has 0 aromatic heterocycles. The molecule has 86 valence electrons. The highest BCUT2D eigenvalue weighted by atomic mass is 16.7. The maximum Gasteiger partial charge on any atom is 0.162 e. The van der Waals surface area contributed by atoms with Gasteiger partial charge in [-0.05, 0) is 20.8 Å². The van der Waals surface area contributed by atoms with E-state index in [0.29, 0.717) is 13.2 Å². The van der Waals surface area contributed by atoms with Crippen molar-refractivity contribution in [3.05, 3.63) is 36.5 Å². The van der Waals surface area contributed by atoms with E-state index in [9.17, 15) is 0 Å². The zero-order valence-corrected chi connectivity index (χ0v) is 10.0. The normalized spacial score (nSPS) is 12.0. The van der Waals surface area contributed by atoms with Gasteiger partial charge in [-0.2, -0.15) is 0 Å². The van der Waals surface area contributed by atoms with Gasteiger partial charge in [-0.1, -0.05) is 36.5 Å². The molecule has 0 aliphatic carbocycles. The van der Waals surface area contributed by atoms with Crippen LogP contribution in [0.3, 0.4) is 0 Å². The van der Waals surface area contributed by atoms with Gasteiger partial charge in [0.2, 0.25) is 0 Å². The van der Waals surface area contributed by atoms with Gasteiger partial charge in [0.1, 0.15) is 0 Å². The number of ether oxygens (including phenoxy) is 2. The second kappa shape index (κ2) is 9.69. The van der Waals surface area contributed by atoms with Gasteiger partial charge in [0.05, 0.1) is 13.2 Å². The average Bonchev–Trinajstić information content (AvgIpc) is 2.17. The highest BCUT2D eigenvalue weighted by Gasteiger charge is 2.07. The van der Waals surface area contributed by atoms with Crippen molar-refractivity contribution in [3.8, 4) is 0 Å². The minimum atomic E-state index is -0.185. The molecule has 0 aliphatic rings. The van der Waals surface area contributed by atoms with Crippen LogP contribution in [0.25, 0.3) is 0 Å². The Kier molecular flexibility index (Phi) is 9.13. The molecule has 0 aliphatic heterocycles. The highest BCUT2D eigenvalue weighted by molar-refractivity contribution is 4.89. The highest BCUT2D eigenvalue weighted by Crippen LogP contribution is 2.08. The van der Waals surface area contributed by atoms with Crippen LogP contribution in [0.4, 0.5) is 0 Å². The molecule has 0 N–H and O–H groups in total. The van der Waals surface area contributed by atoms with Crippen molar-refractivity contribution < 1.29 is 9.47 Å². The largest absolute Gasteiger partial charge is 0.348 e. The van der Waals surface area contributed by atoms with Gasteiger partial charge in [0.25, 0.3) is 0 Å². The predicted molar refractivity (Wildman–Crippen MR) is 64.8 cm³/mol. The number of hydrogen-bond acceptors (Lipinski definition) is 2. The monoisotopic (exact) mass is 210 g/mol. The van der Waals surface area contributed by atoms with E-state index >= 15 is 0 Å². The zero-order chi connectivity index (χ0) is 11.5. The average molecular weight is 210 g/mol. The second-order valence-electron chi connectivity index (χ2n) is 3.40. The summed E-state index contributed by atoms with van der Waals surface area (Å²) in [6.45, 7) is 10.9. The Hall–Kier alpha value is -0.860. The maximum absolute atomic E-state index is 5.54. The molecule has 2 nitrogen and oxygen atoms in total. The van der Waals surface area contributed by atoms with E-state index < -0.39 is 0 Å². The van der Waals surface area contributed by atoms with Crippen molar-refractivity contribution in [1.82, 2.24) is 0 Å². The Labute approximate surface area is 93.3 Å². The van der Waals surface area contributed by atoms with E-state index in [4.69, 9.17) is 9.47 Å². The molecule has 2 heteroatoms. The van der Waals surface area contributed by atoms with Crippen LogP contribution in [-0.4, -0.2) is 19.5 Å². The number of hydrogen-bond donors (Lipinski definition) is 0. The molecule has 0 spiro atoms. The molecule has 0 fully saturated rings. The SMILES string of the molecule is C=C(C)CC(OC/C=C/C)OC/C=C/C. The fourth-order valence-electron chi connectivity index (χ4n) is 0.969. The molecule has 0 rings (SSSR count). The Bertz CT molecular complexity index is 201. The van der Waals surface area contributed by atoms with Gasteiger partial charge in [0.15, 0.2) is 6.29 Å². The third-order valence-electron chi connectivity index (χ3n) is 1.74. The van der Waals surface area contributed by atoms with E-state index in [0.717, 1.165) is 12.0 Å². The van der Waals surface area contributed by atoms with Crippen molar-refractivity contribution in [2.75, 3.05) is 13.2 Å². The van der Waals surface area contributed by atoms with Gasteiger partial charge < -0.3 is 9.47 Å². The van der Waals surface area contributed by atoms with E-state index in [1.165, 1.54) is 0 Å². The summed E-state index contributed by atoms with van der Waals surface area (Å²) in [6, 6.07) is 0. The molecule has 15 heavy (non-hydrogen) atoms. The maximum atomic E-state index is 5.54. The number of rotatable bonds is 8. The van der Waals surface area contributed by atoms with Crippen LogP contribution in [0, 0.1) is 0 Å². The quantitative estimate of drug-likeness (QED) is 0.451. The molecule has 0 heterocycles. The lowest BCUT2D eigenvalue weighted by molar-refractivity contribution is -0.125. The van der Waals surface area contributed by atoms with Gasteiger partial charge in [-0.3, -0.25) is 0 Å². The molecule has 0 aromatic carbocycles. The lowest BCUT2D eigenvalue weighted by Gasteiger charge is -2.16. The number of allylic oxidation sites excluding steroid dienone is 2. The summed E-state index contributed by atoms with van der Waals surface area (Å²) in [6.07, 6.45) is 8.41. The van der Waals surface area contributed by atoms with Crippen molar-refractivity contribution in [2.45, 2.75) is 33.5 Å². The summed E-state index contributed by atoms with van der Waals surface area (Å²) in [5, 5.41) is 0. The summed E-state index contributed by atoms with van der Waals surface area (Å²) < 4.78 is 11.1. The first-order valence-corrected chi connectivity index (χ1v) is 5.30. The first kappa shape index (κ1) is 14.1. The van der Waals surface area contributed by atoms with Gasteiger partial charge >= 0.3 is 0 Å². The summed E-state index contributed by atoms with van der Waals surface area (Å²) in [7, 11) is 0. The summed E-state index contributed by atoms with van der Waals surface area (Å²) in [5.74, 6) is 0. The van der Waals surface area contributed by atoms with Crippen LogP contribution in [0.15, 0.2) is 36.5 Å². The zero-order valence-electron chi connectivity index (χ0n) is 10.0. The van der Waals surface area contributed by atoms with Crippen LogP contribution in [0.1, 0.15) is 27.2 Å². The van der Waals surface area contributed by atoms with Gasteiger partial charge in [-0.25, -0.2) is 0 Å². The lowest BCUT2D eigenvalue weighted by Crippen LogP contribution is -2.18. The first-order valence-electron chi connectivity index (χ1n) is 5.30. The molecule has 0 radical (unpaired) electrons. The van der Waals surface area contributed by atoms with Crippen LogP contribution >= 0.6 is 0 Å². The van der Waals surface area contributed by atoms with E-state index in [1.54, 1.807) is 0 Å². The van der Waals surface area contributed by atoms with Crippen LogP contribution in [-0.2, 0) is 9.47 Å². The van der Waals surface area contributed by atoms with Crippen molar-refractivity contribution in [2.24, 2.45) is 0 Å². The molecule has 0 saturated carbocycles. The fraction of sp³-hybridized carbons (Fsp3) is 0.538. The summed E-state index contributed by atoms with van der Waals surface area (Å²) in [4.78, 5) is 0. The Morgan fingerprint density at radius 1 is 1.13 bits per heavy atom. The van der Waals surface area contributed by atoms with Gasteiger partial charge in [0, 0.05) is 6.42 Å². The fourth-order valence-corrected chi connectivity index (χ4v) is 0.969. The third kappa shape index (κ3) is 9.44. The molecule has 0 amide bonds. The Morgan fingerprint density at radius 3 is 1.93 bits per heavy atom. The second-order valence-corrected chi connectivity index (χ2v) is 3.40. The first-order chi connectivity index (χ1) is 7.20. The molecule has 0 unspecified atom stereocenters. The van der Waals surface area contributed by atoms with Crippen LogP contribution in [0.2, 0.25) is 0 Å². The smallest absolute Gasteiger partial charge is 0.162 e. The Balaban J connectivity index is 3.88. The van der Waals surface area contributed by atoms with Crippen molar-refractivity contribution in [1.29, 1.82) is 0 Å². The van der Waals surface area contributed by atoms with E-state index in [1.807, 2.05) is 45.1 Å².